The lowest BCUT2D eigenvalue weighted by atomic mass is 10.3. The van der Waals surface area contributed by atoms with Gasteiger partial charge in [-0.05, 0) is 51.3 Å². The molecule has 0 saturated heterocycles. The molecule has 0 bridgehead atoms. The Morgan fingerprint density at radius 3 is 2.47 bits per heavy atom. The summed E-state index contributed by atoms with van der Waals surface area (Å²) in [5.41, 5.74) is 0.222. The molecular weight excluding hydrogens is 425 g/mol. The molecular formula is C21H24FN3O3S2. The van der Waals surface area contributed by atoms with E-state index in [0.29, 0.717) is 22.8 Å². The van der Waals surface area contributed by atoms with Gasteiger partial charge in [0, 0.05) is 13.0 Å². The maximum Gasteiger partial charge on any atom is 0.229 e. The van der Waals surface area contributed by atoms with Crippen LogP contribution in [0.15, 0.2) is 53.4 Å². The molecule has 0 N–H and O–H groups in total. The molecule has 1 heterocycles. The van der Waals surface area contributed by atoms with E-state index >= 15 is 0 Å². The molecule has 0 aliphatic heterocycles. The fraction of sp³-hybridized carbons (Fsp3) is 0.333. The van der Waals surface area contributed by atoms with Gasteiger partial charge in [-0.25, -0.2) is 17.8 Å². The summed E-state index contributed by atoms with van der Waals surface area (Å²) in [7, 11) is 0.303. The summed E-state index contributed by atoms with van der Waals surface area (Å²) in [4.78, 5) is 21.0. The summed E-state index contributed by atoms with van der Waals surface area (Å²) in [6, 6.07) is 12.8. The zero-order valence-electron chi connectivity index (χ0n) is 16.9. The summed E-state index contributed by atoms with van der Waals surface area (Å²) in [6.07, 6.45) is 0.514. The number of hydrogen-bond donors (Lipinski definition) is 0. The largest absolute Gasteiger partial charge is 0.309 e. The molecule has 3 aromatic rings. The zero-order chi connectivity index (χ0) is 21.7. The lowest BCUT2D eigenvalue weighted by Crippen LogP contribution is -2.34. The molecule has 1 aromatic heterocycles. The Morgan fingerprint density at radius 2 is 1.80 bits per heavy atom. The molecule has 0 aliphatic rings. The van der Waals surface area contributed by atoms with E-state index in [2.05, 4.69) is 4.98 Å². The van der Waals surface area contributed by atoms with Gasteiger partial charge >= 0.3 is 0 Å². The Labute approximate surface area is 179 Å². The number of carbonyl (C=O) groups is 1. The van der Waals surface area contributed by atoms with Gasteiger partial charge in [0.15, 0.2) is 15.0 Å². The van der Waals surface area contributed by atoms with E-state index in [-0.39, 0.29) is 28.5 Å². The first-order chi connectivity index (χ1) is 14.3. The average Bonchev–Trinajstić information content (AvgIpc) is 3.15. The second kappa shape index (κ2) is 9.63. The first-order valence-corrected chi connectivity index (χ1v) is 12.0. The predicted octanol–water partition coefficient (Wildman–Crippen LogP) is 3.58. The van der Waals surface area contributed by atoms with Crippen molar-refractivity contribution in [3.63, 3.8) is 0 Å². The molecule has 0 aliphatic carbocycles. The zero-order valence-corrected chi connectivity index (χ0v) is 18.5. The predicted molar refractivity (Wildman–Crippen MR) is 118 cm³/mol. The number of nitrogens with zero attached hydrogens (tertiary/aromatic N) is 3. The van der Waals surface area contributed by atoms with E-state index in [1.807, 2.05) is 19.0 Å². The van der Waals surface area contributed by atoms with Gasteiger partial charge in [-0.1, -0.05) is 35.6 Å². The fourth-order valence-corrected chi connectivity index (χ4v) is 5.27. The van der Waals surface area contributed by atoms with Gasteiger partial charge in [-0.15, -0.1) is 0 Å². The smallest absolute Gasteiger partial charge is 0.229 e. The van der Waals surface area contributed by atoms with Gasteiger partial charge in [-0.2, -0.15) is 0 Å². The van der Waals surface area contributed by atoms with E-state index in [1.165, 1.54) is 34.4 Å². The van der Waals surface area contributed by atoms with Crippen LogP contribution in [0.25, 0.3) is 10.2 Å². The lowest BCUT2D eigenvalue weighted by molar-refractivity contribution is -0.118. The van der Waals surface area contributed by atoms with E-state index in [4.69, 9.17) is 0 Å². The Bertz CT molecular complexity index is 1110. The van der Waals surface area contributed by atoms with Crippen molar-refractivity contribution in [2.75, 3.05) is 37.8 Å². The number of amides is 1. The number of carbonyl (C=O) groups excluding carboxylic acids is 1. The molecule has 160 valence electrons. The standard InChI is InChI=1S/C21H24FN3O3S2/c1-24(2)13-7-14-25(21-23-20-17(22)10-6-11-18(20)29-21)19(26)12-15-30(27,28)16-8-4-3-5-9-16/h3-6,8-11H,7,12-15H2,1-2H3. The molecule has 0 saturated carbocycles. The molecule has 0 unspecified atom stereocenters. The molecule has 3 rings (SSSR count). The van der Waals surface area contributed by atoms with Crippen molar-refractivity contribution in [2.45, 2.75) is 17.7 Å². The van der Waals surface area contributed by atoms with Crippen LogP contribution < -0.4 is 4.90 Å². The van der Waals surface area contributed by atoms with Gasteiger partial charge in [-0.3, -0.25) is 9.69 Å². The summed E-state index contributed by atoms with van der Waals surface area (Å²) >= 11 is 1.23. The van der Waals surface area contributed by atoms with Crippen LogP contribution in [0.1, 0.15) is 12.8 Å². The minimum absolute atomic E-state index is 0.169. The molecule has 0 spiro atoms. The van der Waals surface area contributed by atoms with Crippen molar-refractivity contribution >= 4 is 42.4 Å². The number of aromatic nitrogens is 1. The first kappa shape index (κ1) is 22.3. The number of halogens is 1. The molecule has 0 atom stereocenters. The number of benzene rings is 2. The topological polar surface area (TPSA) is 70.6 Å². The molecule has 0 radical (unpaired) electrons. The van der Waals surface area contributed by atoms with Crippen molar-refractivity contribution in [2.24, 2.45) is 0 Å². The Kier molecular flexibility index (Phi) is 7.17. The van der Waals surface area contributed by atoms with Crippen LogP contribution in [-0.4, -0.2) is 57.1 Å². The normalized spacial score (nSPS) is 11.9. The van der Waals surface area contributed by atoms with E-state index in [9.17, 15) is 17.6 Å². The highest BCUT2D eigenvalue weighted by atomic mass is 32.2. The highest BCUT2D eigenvalue weighted by molar-refractivity contribution is 7.91. The summed E-state index contributed by atoms with van der Waals surface area (Å²) < 4.78 is 39.8. The maximum absolute atomic E-state index is 14.1. The Balaban J connectivity index is 1.80. The third-order valence-electron chi connectivity index (χ3n) is 4.56. The highest BCUT2D eigenvalue weighted by Crippen LogP contribution is 2.31. The van der Waals surface area contributed by atoms with Crippen LogP contribution >= 0.6 is 11.3 Å². The first-order valence-electron chi connectivity index (χ1n) is 9.56. The van der Waals surface area contributed by atoms with E-state index in [0.717, 1.165) is 6.54 Å². The van der Waals surface area contributed by atoms with Crippen LogP contribution in [0, 0.1) is 5.82 Å². The number of para-hydroxylation sites is 1. The van der Waals surface area contributed by atoms with Crippen LogP contribution in [0.3, 0.4) is 0 Å². The second-order valence-corrected chi connectivity index (χ2v) is 10.3. The van der Waals surface area contributed by atoms with Crippen molar-refractivity contribution < 1.29 is 17.6 Å². The maximum atomic E-state index is 14.1. The monoisotopic (exact) mass is 449 g/mol. The summed E-state index contributed by atoms with van der Waals surface area (Å²) in [5, 5.41) is 0.385. The summed E-state index contributed by atoms with van der Waals surface area (Å²) in [5.74, 6) is -1.07. The van der Waals surface area contributed by atoms with Gasteiger partial charge in [0.1, 0.15) is 11.3 Å². The number of fused-ring (bicyclic) bond motifs is 1. The molecule has 9 heteroatoms. The number of rotatable bonds is 9. The minimum Gasteiger partial charge on any atom is -0.309 e. The third-order valence-corrected chi connectivity index (χ3v) is 7.34. The molecule has 6 nitrogen and oxygen atoms in total. The lowest BCUT2D eigenvalue weighted by Gasteiger charge is -2.21. The minimum atomic E-state index is -3.57. The molecule has 1 amide bonds. The van der Waals surface area contributed by atoms with E-state index in [1.54, 1.807) is 30.3 Å². The Hall–Kier alpha value is -2.36. The van der Waals surface area contributed by atoms with Gasteiger partial charge in [0.2, 0.25) is 5.91 Å². The Morgan fingerprint density at radius 1 is 1.07 bits per heavy atom. The van der Waals surface area contributed by atoms with Crippen molar-refractivity contribution in [1.82, 2.24) is 9.88 Å². The van der Waals surface area contributed by atoms with Gasteiger partial charge in [0.05, 0.1) is 15.3 Å². The fourth-order valence-electron chi connectivity index (χ4n) is 2.99. The van der Waals surface area contributed by atoms with Crippen LogP contribution in [0.2, 0.25) is 0 Å². The van der Waals surface area contributed by atoms with Crippen LogP contribution in [0.4, 0.5) is 9.52 Å². The SMILES string of the molecule is CN(C)CCCN(C(=O)CCS(=O)(=O)c1ccccc1)c1nc2c(F)cccc2s1. The molecule has 30 heavy (non-hydrogen) atoms. The number of sulfone groups is 1. The summed E-state index contributed by atoms with van der Waals surface area (Å²) in [6.45, 7) is 1.13. The second-order valence-electron chi connectivity index (χ2n) is 7.17. The highest BCUT2D eigenvalue weighted by Gasteiger charge is 2.23. The van der Waals surface area contributed by atoms with Gasteiger partial charge < -0.3 is 4.90 Å². The van der Waals surface area contributed by atoms with Crippen molar-refractivity contribution in [3.8, 4) is 0 Å². The molecule has 0 fully saturated rings. The van der Waals surface area contributed by atoms with Crippen LogP contribution in [0.5, 0.6) is 0 Å². The van der Waals surface area contributed by atoms with Gasteiger partial charge in [0.25, 0.3) is 0 Å². The third kappa shape index (κ3) is 5.41. The van der Waals surface area contributed by atoms with E-state index < -0.39 is 15.7 Å². The number of anilines is 1. The quantitative estimate of drug-likeness (QED) is 0.499. The number of hydrogen-bond acceptors (Lipinski definition) is 6. The van der Waals surface area contributed by atoms with Crippen molar-refractivity contribution in [1.29, 1.82) is 0 Å². The number of thiazole rings is 1. The van der Waals surface area contributed by atoms with Crippen molar-refractivity contribution in [3.05, 3.63) is 54.3 Å². The average molecular weight is 450 g/mol. The van der Waals surface area contributed by atoms with Crippen LogP contribution in [-0.2, 0) is 14.6 Å². The molecule has 2 aromatic carbocycles.